The molecule has 0 aliphatic rings. The number of nitrogens with zero attached hydrogens (tertiary/aromatic N) is 3. The van der Waals surface area contributed by atoms with Crippen molar-refractivity contribution in [1.82, 2.24) is 14.8 Å². The molecule has 1 N–H and O–H groups in total. The molecular weight excluding hydrogens is 288 g/mol. The molecule has 3 rings (SSSR count). The quantitative estimate of drug-likeness (QED) is 0.759. The smallest absolute Gasteiger partial charge is 0.151 e. The molecule has 0 aliphatic heterocycles. The predicted molar refractivity (Wildman–Crippen MR) is 90.3 cm³/mol. The second-order valence-corrected chi connectivity index (χ2v) is 5.45. The van der Waals surface area contributed by atoms with Crippen molar-refractivity contribution in [3.05, 3.63) is 71.8 Å². The van der Waals surface area contributed by atoms with E-state index in [2.05, 4.69) is 34.6 Å². The molecule has 0 unspecified atom stereocenters. The maximum absolute atomic E-state index is 5.90. The number of anilines is 1. The van der Waals surface area contributed by atoms with Crippen molar-refractivity contribution in [2.24, 2.45) is 7.05 Å². The summed E-state index contributed by atoms with van der Waals surface area (Å²) in [4.78, 5) is 0. The molecule has 2 aromatic carbocycles. The van der Waals surface area contributed by atoms with Crippen LogP contribution in [0.15, 0.2) is 54.9 Å². The Morgan fingerprint density at radius 3 is 2.78 bits per heavy atom. The summed E-state index contributed by atoms with van der Waals surface area (Å²) in [6.07, 6.45) is 1.69. The van der Waals surface area contributed by atoms with Gasteiger partial charge in [0.05, 0.1) is 6.54 Å². The van der Waals surface area contributed by atoms with E-state index in [-0.39, 0.29) is 0 Å². The van der Waals surface area contributed by atoms with E-state index >= 15 is 0 Å². The molecule has 0 saturated heterocycles. The lowest BCUT2D eigenvalue weighted by Crippen LogP contribution is -2.05. The van der Waals surface area contributed by atoms with Gasteiger partial charge in [-0.05, 0) is 30.2 Å². The van der Waals surface area contributed by atoms with Gasteiger partial charge in [0.25, 0.3) is 0 Å². The molecule has 23 heavy (non-hydrogen) atoms. The van der Waals surface area contributed by atoms with Crippen LogP contribution in [0.4, 0.5) is 5.69 Å². The van der Waals surface area contributed by atoms with Gasteiger partial charge in [-0.3, -0.25) is 0 Å². The van der Waals surface area contributed by atoms with Crippen molar-refractivity contribution in [3.63, 3.8) is 0 Å². The number of benzene rings is 2. The predicted octanol–water partition coefficient (Wildman–Crippen LogP) is 3.31. The Kier molecular flexibility index (Phi) is 4.57. The van der Waals surface area contributed by atoms with Crippen molar-refractivity contribution in [1.29, 1.82) is 0 Å². The van der Waals surface area contributed by atoms with Crippen molar-refractivity contribution >= 4 is 5.69 Å². The minimum atomic E-state index is 0.569. The van der Waals surface area contributed by atoms with Gasteiger partial charge in [0.1, 0.15) is 18.7 Å². The molecular formula is C18H20N4O. The molecule has 1 heterocycles. The fraction of sp³-hybridized carbons (Fsp3) is 0.222. The first-order valence-corrected chi connectivity index (χ1v) is 7.56. The summed E-state index contributed by atoms with van der Waals surface area (Å²) in [6.45, 7) is 3.29. The third-order valence-corrected chi connectivity index (χ3v) is 3.75. The second kappa shape index (κ2) is 6.96. The fourth-order valence-corrected chi connectivity index (χ4v) is 2.28. The molecule has 0 spiro atoms. The lowest BCUT2D eigenvalue weighted by atomic mass is 10.1. The highest BCUT2D eigenvalue weighted by Gasteiger charge is 2.03. The summed E-state index contributed by atoms with van der Waals surface area (Å²) in [6, 6.07) is 16.2. The molecule has 5 nitrogen and oxygen atoms in total. The number of rotatable bonds is 6. The normalized spacial score (nSPS) is 10.5. The lowest BCUT2D eigenvalue weighted by Gasteiger charge is -2.11. The summed E-state index contributed by atoms with van der Waals surface area (Å²) in [5.41, 5.74) is 3.43. The van der Waals surface area contributed by atoms with Gasteiger partial charge < -0.3 is 14.6 Å². The van der Waals surface area contributed by atoms with Gasteiger partial charge in [-0.2, -0.15) is 0 Å². The van der Waals surface area contributed by atoms with Crippen LogP contribution in [-0.4, -0.2) is 14.8 Å². The molecule has 0 amide bonds. The molecule has 0 saturated carbocycles. The largest absolute Gasteiger partial charge is 0.489 e. The molecule has 0 fully saturated rings. The Labute approximate surface area is 135 Å². The standard InChI is InChI=1S/C18H20N4O/c1-14-6-3-4-7-15(14)12-23-17-9-5-8-16(10-17)19-11-18-21-20-13-22(18)2/h3-10,13,19H,11-12H2,1-2H3. The molecule has 0 atom stereocenters. The first-order chi connectivity index (χ1) is 11.2. The third-order valence-electron chi connectivity index (χ3n) is 3.75. The van der Waals surface area contributed by atoms with Crippen LogP contribution in [0.3, 0.4) is 0 Å². The second-order valence-electron chi connectivity index (χ2n) is 5.45. The van der Waals surface area contributed by atoms with Crippen molar-refractivity contribution in [2.45, 2.75) is 20.1 Å². The summed E-state index contributed by atoms with van der Waals surface area (Å²) in [5.74, 6) is 1.73. The van der Waals surface area contributed by atoms with Gasteiger partial charge in [0.2, 0.25) is 0 Å². The maximum Gasteiger partial charge on any atom is 0.151 e. The van der Waals surface area contributed by atoms with Crippen molar-refractivity contribution in [2.75, 3.05) is 5.32 Å². The van der Waals surface area contributed by atoms with Gasteiger partial charge >= 0.3 is 0 Å². The van der Waals surface area contributed by atoms with Crippen LogP contribution in [0.25, 0.3) is 0 Å². The summed E-state index contributed by atoms with van der Waals surface area (Å²) in [7, 11) is 1.93. The first kappa shape index (κ1) is 15.1. The van der Waals surface area contributed by atoms with Crippen LogP contribution in [0.5, 0.6) is 5.75 Å². The van der Waals surface area contributed by atoms with E-state index in [0.717, 1.165) is 17.3 Å². The SMILES string of the molecule is Cc1ccccc1COc1cccc(NCc2nncn2C)c1. The highest BCUT2D eigenvalue weighted by molar-refractivity contribution is 5.48. The summed E-state index contributed by atoms with van der Waals surface area (Å²) >= 11 is 0. The van der Waals surface area contributed by atoms with Gasteiger partial charge in [-0.15, -0.1) is 10.2 Å². The van der Waals surface area contributed by atoms with Crippen molar-refractivity contribution in [3.8, 4) is 5.75 Å². The Balaban J connectivity index is 1.61. The number of hydrogen-bond acceptors (Lipinski definition) is 4. The van der Waals surface area contributed by atoms with E-state index in [1.807, 2.05) is 48.0 Å². The van der Waals surface area contributed by atoms with Gasteiger partial charge in [0.15, 0.2) is 5.82 Å². The van der Waals surface area contributed by atoms with Crippen LogP contribution in [0.1, 0.15) is 17.0 Å². The van der Waals surface area contributed by atoms with Gasteiger partial charge in [-0.1, -0.05) is 30.3 Å². The van der Waals surface area contributed by atoms with Gasteiger partial charge in [-0.25, -0.2) is 0 Å². The Bertz CT molecular complexity index is 782. The molecule has 0 aliphatic carbocycles. The molecule has 118 valence electrons. The van der Waals surface area contributed by atoms with E-state index in [0.29, 0.717) is 13.2 Å². The van der Waals surface area contributed by atoms with E-state index < -0.39 is 0 Å². The van der Waals surface area contributed by atoms with Crippen LogP contribution in [-0.2, 0) is 20.2 Å². The van der Waals surface area contributed by atoms with Crippen LogP contribution < -0.4 is 10.1 Å². The number of hydrogen-bond donors (Lipinski definition) is 1. The Morgan fingerprint density at radius 1 is 1.13 bits per heavy atom. The van der Waals surface area contributed by atoms with Crippen molar-refractivity contribution < 1.29 is 4.74 Å². The zero-order valence-corrected chi connectivity index (χ0v) is 13.4. The molecule has 1 aromatic heterocycles. The molecule has 3 aromatic rings. The van der Waals surface area contributed by atoms with Gasteiger partial charge in [0, 0.05) is 18.8 Å². The highest BCUT2D eigenvalue weighted by atomic mass is 16.5. The molecule has 5 heteroatoms. The number of aromatic nitrogens is 3. The highest BCUT2D eigenvalue weighted by Crippen LogP contribution is 2.19. The first-order valence-electron chi connectivity index (χ1n) is 7.56. The van der Waals surface area contributed by atoms with E-state index in [1.165, 1.54) is 11.1 Å². The monoisotopic (exact) mass is 308 g/mol. The van der Waals surface area contributed by atoms with E-state index in [9.17, 15) is 0 Å². The lowest BCUT2D eigenvalue weighted by molar-refractivity contribution is 0.305. The average molecular weight is 308 g/mol. The maximum atomic E-state index is 5.90. The van der Waals surface area contributed by atoms with Crippen LogP contribution in [0, 0.1) is 6.92 Å². The van der Waals surface area contributed by atoms with E-state index in [1.54, 1.807) is 6.33 Å². The van der Waals surface area contributed by atoms with E-state index in [4.69, 9.17) is 4.74 Å². The summed E-state index contributed by atoms with van der Waals surface area (Å²) < 4.78 is 7.80. The summed E-state index contributed by atoms with van der Waals surface area (Å²) in [5, 5.41) is 11.3. The molecule has 0 bridgehead atoms. The minimum Gasteiger partial charge on any atom is -0.489 e. The number of nitrogens with one attached hydrogen (secondary N) is 1. The zero-order chi connectivity index (χ0) is 16.1. The minimum absolute atomic E-state index is 0.569. The Morgan fingerprint density at radius 2 is 2.00 bits per heavy atom. The average Bonchev–Trinajstić information content (AvgIpc) is 2.98. The number of ether oxygens (including phenoxy) is 1. The zero-order valence-electron chi connectivity index (χ0n) is 13.4. The fourth-order valence-electron chi connectivity index (χ4n) is 2.28. The number of aryl methyl sites for hydroxylation is 2. The topological polar surface area (TPSA) is 52.0 Å². The van der Waals surface area contributed by atoms with Crippen LogP contribution >= 0.6 is 0 Å². The third kappa shape index (κ3) is 3.88. The molecule has 0 radical (unpaired) electrons. The Hall–Kier alpha value is -2.82. The van der Waals surface area contributed by atoms with Crippen LogP contribution in [0.2, 0.25) is 0 Å².